The maximum atomic E-state index is 12.8. The van der Waals surface area contributed by atoms with Crippen LogP contribution in [0.1, 0.15) is 84.0 Å². The zero-order valence-electron chi connectivity index (χ0n) is 19.5. The number of allylic oxidation sites excluding steroid dienone is 2. The molecule has 4 rings (SSSR count). The van der Waals surface area contributed by atoms with Gasteiger partial charge in [0.2, 0.25) is 5.91 Å². The van der Waals surface area contributed by atoms with Crippen molar-refractivity contribution in [3.63, 3.8) is 0 Å². The SMILES string of the molecule is CC.CCCN1C(=O)CC(C)(C)c2cc3[nH]c4c(c3cc21)CCC/C(=C(\C)NN)C4. The number of hydrogen-bond donors (Lipinski definition) is 3. The second-order valence-electron chi connectivity index (χ2n) is 9.01. The number of carbonyl (C=O) groups is 1. The molecule has 164 valence electrons. The fourth-order valence-electron chi connectivity index (χ4n) is 4.92. The number of rotatable bonds is 3. The molecule has 2 heterocycles. The third-order valence-electron chi connectivity index (χ3n) is 6.51. The molecule has 0 saturated carbocycles. The predicted molar refractivity (Wildman–Crippen MR) is 127 cm³/mol. The van der Waals surface area contributed by atoms with Gasteiger partial charge in [0.25, 0.3) is 0 Å². The van der Waals surface area contributed by atoms with Gasteiger partial charge in [0.1, 0.15) is 0 Å². The van der Waals surface area contributed by atoms with E-state index in [0.717, 1.165) is 50.0 Å². The van der Waals surface area contributed by atoms with E-state index in [2.05, 4.69) is 50.2 Å². The number of aryl methyl sites for hydroxylation is 1. The van der Waals surface area contributed by atoms with Crippen molar-refractivity contribution in [1.82, 2.24) is 10.4 Å². The van der Waals surface area contributed by atoms with E-state index in [0.29, 0.717) is 6.42 Å². The van der Waals surface area contributed by atoms with E-state index in [1.165, 1.54) is 33.3 Å². The van der Waals surface area contributed by atoms with Crippen LogP contribution in [0.4, 0.5) is 5.69 Å². The molecule has 0 unspecified atom stereocenters. The normalized spacial score (nSPS) is 19.4. The summed E-state index contributed by atoms with van der Waals surface area (Å²) in [6.07, 6.45) is 5.69. The van der Waals surface area contributed by atoms with Gasteiger partial charge in [-0.25, -0.2) is 0 Å². The van der Waals surface area contributed by atoms with Crippen LogP contribution in [-0.2, 0) is 23.1 Å². The molecule has 1 aromatic heterocycles. The van der Waals surface area contributed by atoms with Crippen molar-refractivity contribution in [2.24, 2.45) is 5.84 Å². The number of anilines is 1. The van der Waals surface area contributed by atoms with Crippen molar-refractivity contribution >= 4 is 22.5 Å². The summed E-state index contributed by atoms with van der Waals surface area (Å²) in [4.78, 5) is 18.5. The lowest BCUT2D eigenvalue weighted by molar-refractivity contribution is -0.120. The van der Waals surface area contributed by atoms with E-state index in [9.17, 15) is 4.79 Å². The first-order valence-corrected chi connectivity index (χ1v) is 11.5. The zero-order chi connectivity index (χ0) is 22.1. The largest absolute Gasteiger partial charge is 0.358 e. The molecule has 1 aromatic carbocycles. The van der Waals surface area contributed by atoms with E-state index in [1.807, 2.05) is 18.7 Å². The summed E-state index contributed by atoms with van der Waals surface area (Å²) in [6.45, 7) is 13.3. The Labute approximate surface area is 181 Å². The molecule has 0 saturated heterocycles. The van der Waals surface area contributed by atoms with Gasteiger partial charge in [-0.2, -0.15) is 0 Å². The van der Waals surface area contributed by atoms with Crippen LogP contribution in [0.15, 0.2) is 23.4 Å². The molecule has 2 aliphatic rings. The topological polar surface area (TPSA) is 74.2 Å². The van der Waals surface area contributed by atoms with Crippen molar-refractivity contribution in [1.29, 1.82) is 0 Å². The Kier molecular flexibility index (Phi) is 6.61. The molecular weight excluding hydrogens is 372 g/mol. The minimum atomic E-state index is -0.140. The second-order valence-corrected chi connectivity index (χ2v) is 9.01. The number of H-pyrrole nitrogens is 1. The van der Waals surface area contributed by atoms with Crippen LogP contribution >= 0.6 is 0 Å². The molecule has 0 bridgehead atoms. The number of nitrogens with one attached hydrogen (secondary N) is 2. The van der Waals surface area contributed by atoms with Crippen molar-refractivity contribution < 1.29 is 4.79 Å². The average Bonchev–Trinajstić information content (AvgIpc) is 2.91. The van der Waals surface area contributed by atoms with Crippen LogP contribution in [-0.4, -0.2) is 17.4 Å². The number of fused-ring (bicyclic) bond motifs is 4. The molecule has 2 aromatic rings. The Morgan fingerprint density at radius 2 is 2.00 bits per heavy atom. The number of aromatic nitrogens is 1. The highest BCUT2D eigenvalue weighted by atomic mass is 16.2. The Bertz CT molecular complexity index is 967. The number of hydrazine groups is 1. The molecule has 4 N–H and O–H groups in total. The van der Waals surface area contributed by atoms with Crippen LogP contribution in [0.2, 0.25) is 0 Å². The van der Waals surface area contributed by atoms with Gasteiger partial charge in [-0.3, -0.25) is 10.6 Å². The van der Waals surface area contributed by atoms with Gasteiger partial charge in [-0.05, 0) is 61.4 Å². The monoisotopic (exact) mass is 410 g/mol. The van der Waals surface area contributed by atoms with Gasteiger partial charge < -0.3 is 15.3 Å². The lowest BCUT2D eigenvalue weighted by Gasteiger charge is -2.38. The number of amides is 1. The second kappa shape index (κ2) is 8.84. The summed E-state index contributed by atoms with van der Waals surface area (Å²) in [5.41, 5.74) is 11.4. The standard InChI is InChI=1S/C23H32N4O.C2H6/c1-5-9-27-21-11-17-16-8-6-7-15(14(2)26-24)10-19(16)25-20(17)12-18(21)23(3,4)13-22(27)28;1-2/h11-12,25-26H,5-10,13,24H2,1-4H3;1-2H3/b15-14-;. The van der Waals surface area contributed by atoms with Crippen LogP contribution in [0, 0.1) is 0 Å². The number of benzene rings is 1. The van der Waals surface area contributed by atoms with Gasteiger partial charge in [0.05, 0.1) is 0 Å². The third kappa shape index (κ3) is 3.87. The molecule has 30 heavy (non-hydrogen) atoms. The first-order valence-electron chi connectivity index (χ1n) is 11.5. The lowest BCUT2D eigenvalue weighted by Crippen LogP contribution is -2.42. The highest BCUT2D eigenvalue weighted by Gasteiger charge is 2.37. The van der Waals surface area contributed by atoms with Gasteiger partial charge in [-0.15, -0.1) is 0 Å². The maximum absolute atomic E-state index is 12.8. The number of carbonyl (C=O) groups excluding carboxylic acids is 1. The van der Waals surface area contributed by atoms with E-state index < -0.39 is 0 Å². The van der Waals surface area contributed by atoms with Gasteiger partial charge in [0, 0.05) is 52.8 Å². The van der Waals surface area contributed by atoms with E-state index in [1.54, 1.807) is 0 Å². The summed E-state index contributed by atoms with van der Waals surface area (Å²) in [7, 11) is 0. The summed E-state index contributed by atoms with van der Waals surface area (Å²) in [5, 5.41) is 1.28. The fraction of sp³-hybridized carbons (Fsp3) is 0.560. The molecule has 5 nitrogen and oxygen atoms in total. The van der Waals surface area contributed by atoms with Crippen LogP contribution < -0.4 is 16.2 Å². The first-order chi connectivity index (χ1) is 14.4. The number of nitrogens with two attached hydrogens (primary N) is 1. The highest BCUT2D eigenvalue weighted by Crippen LogP contribution is 2.44. The van der Waals surface area contributed by atoms with E-state index in [-0.39, 0.29) is 11.3 Å². The molecule has 5 heteroatoms. The quantitative estimate of drug-likeness (QED) is 0.368. The summed E-state index contributed by atoms with van der Waals surface area (Å²) < 4.78 is 0. The number of aromatic amines is 1. The zero-order valence-corrected chi connectivity index (χ0v) is 19.5. The number of nitrogens with zero attached hydrogens (tertiary/aromatic N) is 1. The minimum absolute atomic E-state index is 0.140. The van der Waals surface area contributed by atoms with Crippen molar-refractivity contribution in [2.45, 2.75) is 85.5 Å². The Hall–Kier alpha value is -2.27. The molecule has 1 amide bonds. The molecule has 0 spiro atoms. The van der Waals surface area contributed by atoms with Crippen molar-refractivity contribution in [3.8, 4) is 0 Å². The summed E-state index contributed by atoms with van der Waals surface area (Å²) in [6, 6.07) is 4.57. The first kappa shape index (κ1) is 22.4. The van der Waals surface area contributed by atoms with Crippen LogP contribution in [0.25, 0.3) is 10.9 Å². The van der Waals surface area contributed by atoms with Gasteiger partial charge in [0.15, 0.2) is 0 Å². The predicted octanol–water partition coefficient (Wildman–Crippen LogP) is 5.23. The van der Waals surface area contributed by atoms with Crippen LogP contribution in [0.5, 0.6) is 0 Å². The summed E-state index contributed by atoms with van der Waals surface area (Å²) >= 11 is 0. The molecule has 0 radical (unpaired) electrons. The van der Waals surface area contributed by atoms with Crippen LogP contribution in [0.3, 0.4) is 0 Å². The molecular formula is C25H38N4O. The van der Waals surface area contributed by atoms with Crippen molar-refractivity contribution in [2.75, 3.05) is 11.4 Å². The smallest absolute Gasteiger partial charge is 0.227 e. The highest BCUT2D eigenvalue weighted by molar-refractivity contribution is 6.01. The van der Waals surface area contributed by atoms with Crippen molar-refractivity contribution in [3.05, 3.63) is 40.2 Å². The fourth-order valence-corrected chi connectivity index (χ4v) is 4.92. The Balaban J connectivity index is 0.00000124. The van der Waals surface area contributed by atoms with E-state index >= 15 is 0 Å². The Morgan fingerprint density at radius 3 is 2.67 bits per heavy atom. The van der Waals surface area contributed by atoms with Gasteiger partial charge >= 0.3 is 0 Å². The maximum Gasteiger partial charge on any atom is 0.227 e. The molecule has 0 atom stereocenters. The molecule has 1 aliphatic carbocycles. The molecule has 1 aliphatic heterocycles. The average molecular weight is 411 g/mol. The van der Waals surface area contributed by atoms with E-state index in [4.69, 9.17) is 5.84 Å². The molecule has 0 fully saturated rings. The Morgan fingerprint density at radius 1 is 1.27 bits per heavy atom. The lowest BCUT2D eigenvalue weighted by atomic mass is 9.76. The number of hydrogen-bond acceptors (Lipinski definition) is 3. The summed E-state index contributed by atoms with van der Waals surface area (Å²) in [5.74, 6) is 5.91. The third-order valence-corrected chi connectivity index (χ3v) is 6.51. The van der Waals surface area contributed by atoms with Gasteiger partial charge in [-0.1, -0.05) is 34.6 Å². The minimum Gasteiger partial charge on any atom is -0.358 e.